The van der Waals surface area contributed by atoms with E-state index in [-0.39, 0.29) is 0 Å². The molecule has 0 fully saturated rings. The zero-order chi connectivity index (χ0) is 31.8. The quantitative estimate of drug-likeness (QED) is 0.173. The molecule has 0 spiro atoms. The SMILES string of the molecule is C=Cc1ccc2ccc(-c3ccc(-c4ccc(N5CC(/C=C\C)=C(N=C)c6ncccc65)c(N=C)c4)cc3)c3cc/c(=C/C)c1c23. The van der Waals surface area contributed by atoms with Gasteiger partial charge in [-0.3, -0.25) is 15.0 Å². The normalized spacial score (nSPS) is 13.5. The number of nitrogens with zero attached hydrogens (tertiary/aromatic N) is 4. The number of hydrogen-bond donors (Lipinski definition) is 0. The Morgan fingerprint density at radius 1 is 0.783 bits per heavy atom. The van der Waals surface area contributed by atoms with E-state index in [1.54, 1.807) is 6.20 Å². The van der Waals surface area contributed by atoms with Crippen LogP contribution in [0.15, 0.2) is 131 Å². The van der Waals surface area contributed by atoms with Crippen LogP contribution in [0.5, 0.6) is 0 Å². The van der Waals surface area contributed by atoms with Crippen molar-refractivity contribution in [1.82, 2.24) is 4.98 Å². The van der Waals surface area contributed by atoms with Gasteiger partial charge in [-0.05, 0) is 112 Å². The van der Waals surface area contributed by atoms with Crippen LogP contribution in [-0.4, -0.2) is 25.0 Å². The van der Waals surface area contributed by atoms with Gasteiger partial charge in [0.15, 0.2) is 0 Å². The van der Waals surface area contributed by atoms with Crippen LogP contribution < -0.4 is 10.1 Å². The molecule has 1 aromatic heterocycles. The molecule has 0 saturated carbocycles. The van der Waals surface area contributed by atoms with Crippen molar-refractivity contribution < 1.29 is 0 Å². The van der Waals surface area contributed by atoms with E-state index in [1.807, 2.05) is 25.1 Å². The smallest absolute Gasteiger partial charge is 0.113 e. The molecular weight excluding hydrogens is 560 g/mol. The average molecular weight is 595 g/mol. The second-order valence-electron chi connectivity index (χ2n) is 11.4. The minimum Gasteiger partial charge on any atom is -0.333 e. The predicted molar refractivity (Wildman–Crippen MR) is 200 cm³/mol. The molecule has 0 radical (unpaired) electrons. The van der Waals surface area contributed by atoms with Gasteiger partial charge < -0.3 is 4.90 Å². The summed E-state index contributed by atoms with van der Waals surface area (Å²) in [6.45, 7) is 16.6. The highest BCUT2D eigenvalue weighted by atomic mass is 15.2. The first-order chi connectivity index (χ1) is 22.6. The summed E-state index contributed by atoms with van der Waals surface area (Å²) in [5, 5.41) is 6.25. The van der Waals surface area contributed by atoms with E-state index in [2.05, 4.69) is 144 Å². The zero-order valence-electron chi connectivity index (χ0n) is 26.2. The maximum atomic E-state index is 4.66. The summed E-state index contributed by atoms with van der Waals surface area (Å²) in [5.74, 6) is 0. The number of anilines is 2. The Morgan fingerprint density at radius 2 is 1.57 bits per heavy atom. The zero-order valence-corrected chi connectivity index (χ0v) is 26.2. The third-order valence-electron chi connectivity index (χ3n) is 8.93. The van der Waals surface area contributed by atoms with Crippen molar-refractivity contribution in [3.8, 4) is 22.3 Å². The van der Waals surface area contributed by atoms with Crippen molar-refractivity contribution in [2.45, 2.75) is 13.8 Å². The van der Waals surface area contributed by atoms with Gasteiger partial charge in [0.05, 0.1) is 29.3 Å². The molecule has 0 bridgehead atoms. The molecule has 0 atom stereocenters. The number of hydrogen-bond acceptors (Lipinski definition) is 4. The molecule has 0 amide bonds. The van der Waals surface area contributed by atoms with Gasteiger partial charge in [0.2, 0.25) is 0 Å². The molecule has 4 heteroatoms. The van der Waals surface area contributed by atoms with E-state index in [1.165, 1.54) is 37.9 Å². The van der Waals surface area contributed by atoms with Gasteiger partial charge in [0.25, 0.3) is 0 Å². The lowest BCUT2D eigenvalue weighted by atomic mass is 9.90. The van der Waals surface area contributed by atoms with Gasteiger partial charge in [-0.15, -0.1) is 0 Å². The lowest BCUT2D eigenvalue weighted by Gasteiger charge is -2.32. The van der Waals surface area contributed by atoms with E-state index in [4.69, 9.17) is 0 Å². The van der Waals surface area contributed by atoms with E-state index in [0.29, 0.717) is 6.54 Å². The van der Waals surface area contributed by atoms with Gasteiger partial charge in [-0.25, -0.2) is 0 Å². The molecule has 4 nitrogen and oxygen atoms in total. The first-order valence-corrected chi connectivity index (χ1v) is 15.4. The molecule has 1 aliphatic heterocycles. The Kier molecular flexibility index (Phi) is 7.47. The first-order valence-electron chi connectivity index (χ1n) is 15.4. The third-order valence-corrected chi connectivity index (χ3v) is 8.93. The Labute approximate surface area is 269 Å². The topological polar surface area (TPSA) is 40.9 Å². The van der Waals surface area contributed by atoms with E-state index in [0.717, 1.165) is 50.7 Å². The molecule has 1 aliphatic rings. The molecule has 0 aliphatic carbocycles. The fourth-order valence-electron chi connectivity index (χ4n) is 6.77. The van der Waals surface area contributed by atoms with Crippen LogP contribution in [0.2, 0.25) is 0 Å². The standard InChI is InChI=1S/C42H34N4/c1-6-10-33-26-46(38-11-9-24-45-42(38)41(33)44-5)37-23-20-32(25-36(37)43-4)29-13-15-30(16-14-29)34-21-19-31-17-12-27(7-2)39-28(8-3)18-22-35(34)40(31)39/h6-25H,2,4-5,26H2,1,3H3/b10-6-,28-8-. The number of aromatic nitrogens is 1. The summed E-state index contributed by atoms with van der Waals surface area (Å²) >= 11 is 0. The lowest BCUT2D eigenvalue weighted by Crippen LogP contribution is -2.25. The fraction of sp³-hybridized carbons (Fsp3) is 0.0714. The number of aliphatic imine (C=N–C) groups is 2. The molecule has 2 heterocycles. The summed E-state index contributed by atoms with van der Waals surface area (Å²) < 4.78 is 0. The Hall–Kier alpha value is -5.87. The van der Waals surface area contributed by atoms with Gasteiger partial charge in [0, 0.05) is 6.20 Å². The number of allylic oxidation sites excluding steroid dienone is 1. The molecule has 0 saturated heterocycles. The summed E-state index contributed by atoms with van der Waals surface area (Å²) in [7, 11) is 0. The van der Waals surface area contributed by atoms with Crippen molar-refractivity contribution in [3.63, 3.8) is 0 Å². The maximum Gasteiger partial charge on any atom is 0.113 e. The van der Waals surface area contributed by atoms with Crippen LogP contribution in [0.25, 0.3) is 61.6 Å². The number of fused-ring (bicyclic) bond motifs is 1. The van der Waals surface area contributed by atoms with E-state index in [9.17, 15) is 0 Å². The van der Waals surface area contributed by atoms with Gasteiger partial charge >= 0.3 is 0 Å². The van der Waals surface area contributed by atoms with Crippen LogP contribution in [0.3, 0.4) is 0 Å². The number of benzene rings is 5. The Balaban J connectivity index is 1.27. The predicted octanol–water partition coefficient (Wildman–Crippen LogP) is 10.4. The summed E-state index contributed by atoms with van der Waals surface area (Å²) in [6, 6.07) is 32.5. The second-order valence-corrected chi connectivity index (χ2v) is 11.4. The van der Waals surface area contributed by atoms with Gasteiger partial charge in [-0.2, -0.15) is 0 Å². The number of rotatable bonds is 7. The van der Waals surface area contributed by atoms with E-state index >= 15 is 0 Å². The highest BCUT2D eigenvalue weighted by Crippen LogP contribution is 2.43. The lowest BCUT2D eigenvalue weighted by molar-refractivity contribution is 1.01. The molecule has 6 aromatic rings. The first kappa shape index (κ1) is 28.9. The molecule has 46 heavy (non-hydrogen) atoms. The van der Waals surface area contributed by atoms with Crippen LogP contribution in [0, 0.1) is 0 Å². The Bertz CT molecular complexity index is 2300. The summed E-state index contributed by atoms with van der Waals surface area (Å²) in [6.07, 6.45) is 10.0. The minimum absolute atomic E-state index is 0.627. The van der Waals surface area contributed by atoms with Crippen molar-refractivity contribution in [3.05, 3.63) is 138 Å². The number of pyridine rings is 1. The van der Waals surface area contributed by atoms with Crippen LogP contribution in [0.4, 0.5) is 17.1 Å². The molecular formula is C42H34N4. The van der Waals surface area contributed by atoms with Gasteiger partial charge in [0.1, 0.15) is 5.69 Å². The van der Waals surface area contributed by atoms with E-state index < -0.39 is 0 Å². The maximum absolute atomic E-state index is 4.66. The van der Waals surface area contributed by atoms with Crippen molar-refractivity contribution >= 4 is 69.9 Å². The highest BCUT2D eigenvalue weighted by Gasteiger charge is 2.26. The molecule has 0 N–H and O–H groups in total. The van der Waals surface area contributed by atoms with Crippen molar-refractivity contribution in [1.29, 1.82) is 0 Å². The molecule has 7 rings (SSSR count). The van der Waals surface area contributed by atoms with Crippen LogP contribution in [0.1, 0.15) is 25.1 Å². The highest BCUT2D eigenvalue weighted by molar-refractivity contribution is 6.17. The molecule has 222 valence electrons. The average Bonchev–Trinajstić information content (AvgIpc) is 3.11. The van der Waals surface area contributed by atoms with Crippen LogP contribution >= 0.6 is 0 Å². The summed E-state index contributed by atoms with van der Waals surface area (Å²) in [4.78, 5) is 15.7. The third kappa shape index (κ3) is 4.67. The molecule has 5 aromatic carbocycles. The summed E-state index contributed by atoms with van der Waals surface area (Å²) in [5.41, 5.74) is 11.2. The van der Waals surface area contributed by atoms with Gasteiger partial charge in [-0.1, -0.05) is 97.6 Å². The van der Waals surface area contributed by atoms with Crippen molar-refractivity contribution in [2.24, 2.45) is 9.98 Å². The largest absolute Gasteiger partial charge is 0.333 e. The molecule has 0 unspecified atom stereocenters. The fourth-order valence-corrected chi connectivity index (χ4v) is 6.77. The van der Waals surface area contributed by atoms with Crippen molar-refractivity contribution in [2.75, 3.05) is 11.4 Å². The minimum atomic E-state index is 0.627. The second kappa shape index (κ2) is 11.9. The monoisotopic (exact) mass is 594 g/mol. The van der Waals surface area contributed by atoms with Crippen LogP contribution in [-0.2, 0) is 0 Å². The Morgan fingerprint density at radius 3 is 2.30 bits per heavy atom.